The monoisotopic (exact) mass is 384 g/mol. The van der Waals surface area contributed by atoms with Crippen LogP contribution in [0.15, 0.2) is 64.9 Å². The van der Waals surface area contributed by atoms with E-state index in [-0.39, 0.29) is 11.6 Å². The molecule has 0 spiro atoms. The van der Waals surface area contributed by atoms with E-state index in [0.717, 1.165) is 10.6 Å². The number of nitrogens with zero attached hydrogens (tertiary/aromatic N) is 1. The Morgan fingerprint density at radius 2 is 1.96 bits per heavy atom. The summed E-state index contributed by atoms with van der Waals surface area (Å²) in [4.78, 5) is 25.5. The van der Waals surface area contributed by atoms with Crippen molar-refractivity contribution in [1.82, 2.24) is 0 Å². The number of carbonyl (C=O) groups is 1. The molecule has 0 unspecified atom stereocenters. The van der Waals surface area contributed by atoms with Gasteiger partial charge in [-0.3, -0.25) is 14.9 Å². The average molecular weight is 384 g/mol. The summed E-state index contributed by atoms with van der Waals surface area (Å²) in [6.07, 6.45) is 0. The maximum Gasteiger partial charge on any atom is 0.274 e. The molecule has 2 aromatic carbocycles. The van der Waals surface area contributed by atoms with Crippen molar-refractivity contribution in [3.05, 3.63) is 86.1 Å². The summed E-state index contributed by atoms with van der Waals surface area (Å²) in [5.74, 6) is 0.514. The van der Waals surface area contributed by atoms with E-state index in [1.54, 1.807) is 48.2 Å². The third-order valence-corrected chi connectivity index (χ3v) is 6.01. The number of anilines is 1. The van der Waals surface area contributed by atoms with Crippen LogP contribution in [0.3, 0.4) is 0 Å². The van der Waals surface area contributed by atoms with Gasteiger partial charge < -0.3 is 5.32 Å². The van der Waals surface area contributed by atoms with E-state index < -0.39 is 4.92 Å². The van der Waals surface area contributed by atoms with E-state index in [2.05, 4.69) is 11.4 Å². The molecule has 0 radical (unpaired) electrons. The predicted molar refractivity (Wildman–Crippen MR) is 106 cm³/mol. The molecular weight excluding hydrogens is 368 g/mol. The van der Waals surface area contributed by atoms with Crippen molar-refractivity contribution in [2.45, 2.75) is 17.6 Å². The standard InChI is InChI=1S/C19H16N2O3S2/c1-13-16(8-4-9-17(13)21(23)24)20-19(22)15-7-2-3-10-18(15)26-12-14-6-5-11-25-14/h2-11H,12H2,1H3,(H,20,22). The second kappa shape index (κ2) is 8.16. The number of nitro groups is 1. The highest BCUT2D eigenvalue weighted by Gasteiger charge is 2.17. The molecule has 0 aliphatic rings. The van der Waals surface area contributed by atoms with Crippen molar-refractivity contribution in [3.8, 4) is 0 Å². The number of hydrogen-bond acceptors (Lipinski definition) is 5. The Morgan fingerprint density at radius 3 is 2.69 bits per heavy atom. The van der Waals surface area contributed by atoms with Crippen LogP contribution < -0.4 is 5.32 Å². The topological polar surface area (TPSA) is 72.2 Å². The first-order chi connectivity index (χ1) is 12.6. The highest BCUT2D eigenvalue weighted by molar-refractivity contribution is 7.98. The molecule has 132 valence electrons. The van der Waals surface area contributed by atoms with Crippen molar-refractivity contribution in [3.63, 3.8) is 0 Å². The van der Waals surface area contributed by atoms with E-state index in [4.69, 9.17) is 0 Å². The molecule has 7 heteroatoms. The van der Waals surface area contributed by atoms with Gasteiger partial charge in [-0.2, -0.15) is 0 Å². The zero-order valence-electron chi connectivity index (χ0n) is 14.0. The molecule has 1 heterocycles. The lowest BCUT2D eigenvalue weighted by Gasteiger charge is -2.11. The van der Waals surface area contributed by atoms with E-state index in [1.807, 2.05) is 29.6 Å². The van der Waals surface area contributed by atoms with E-state index >= 15 is 0 Å². The van der Waals surface area contributed by atoms with Gasteiger partial charge in [-0.25, -0.2) is 0 Å². The summed E-state index contributed by atoms with van der Waals surface area (Å²) in [7, 11) is 0. The number of thiophene rings is 1. The van der Waals surface area contributed by atoms with Gasteiger partial charge in [0.1, 0.15) is 0 Å². The molecule has 3 aromatic rings. The molecule has 0 saturated carbocycles. The zero-order valence-corrected chi connectivity index (χ0v) is 15.6. The minimum atomic E-state index is -0.449. The number of benzene rings is 2. The SMILES string of the molecule is Cc1c(NC(=O)c2ccccc2SCc2cccs2)cccc1[N+](=O)[O-]. The van der Waals surface area contributed by atoms with Crippen LogP contribution in [-0.4, -0.2) is 10.8 Å². The molecule has 0 aliphatic heterocycles. The Labute approximate surface area is 159 Å². The van der Waals surface area contributed by atoms with E-state index in [0.29, 0.717) is 16.8 Å². The number of rotatable bonds is 6. The summed E-state index contributed by atoms with van der Waals surface area (Å²) in [5, 5.41) is 15.9. The fourth-order valence-electron chi connectivity index (χ4n) is 2.47. The average Bonchev–Trinajstić information content (AvgIpc) is 3.15. The molecule has 1 aromatic heterocycles. The molecule has 1 amide bonds. The van der Waals surface area contributed by atoms with Crippen LogP contribution in [-0.2, 0) is 5.75 Å². The lowest BCUT2D eigenvalue weighted by molar-refractivity contribution is -0.385. The largest absolute Gasteiger partial charge is 0.321 e. The third kappa shape index (κ3) is 4.12. The highest BCUT2D eigenvalue weighted by atomic mass is 32.2. The van der Waals surface area contributed by atoms with E-state index in [9.17, 15) is 14.9 Å². The van der Waals surface area contributed by atoms with Crippen molar-refractivity contribution in [2.75, 3.05) is 5.32 Å². The molecular formula is C19H16N2O3S2. The first-order valence-corrected chi connectivity index (χ1v) is 9.72. The summed E-state index contributed by atoms with van der Waals surface area (Å²) in [5.41, 5.74) is 1.43. The van der Waals surface area contributed by atoms with Crippen molar-refractivity contribution < 1.29 is 9.72 Å². The number of nitro benzene ring substituents is 1. The maximum absolute atomic E-state index is 12.7. The molecule has 26 heavy (non-hydrogen) atoms. The number of thioether (sulfide) groups is 1. The zero-order chi connectivity index (χ0) is 18.5. The van der Waals surface area contributed by atoms with Crippen LogP contribution in [0.1, 0.15) is 20.8 Å². The minimum Gasteiger partial charge on any atom is -0.321 e. The number of nitrogens with one attached hydrogen (secondary N) is 1. The molecule has 5 nitrogen and oxygen atoms in total. The van der Waals surface area contributed by atoms with Crippen LogP contribution in [0.25, 0.3) is 0 Å². The van der Waals surface area contributed by atoms with Crippen molar-refractivity contribution in [2.24, 2.45) is 0 Å². The van der Waals surface area contributed by atoms with Crippen LogP contribution in [0.2, 0.25) is 0 Å². The summed E-state index contributed by atoms with van der Waals surface area (Å²) in [6.45, 7) is 1.63. The van der Waals surface area contributed by atoms with Crippen LogP contribution >= 0.6 is 23.1 Å². The Balaban J connectivity index is 1.80. The third-order valence-electron chi connectivity index (χ3n) is 3.83. The minimum absolute atomic E-state index is 0.0110. The van der Waals surface area contributed by atoms with Gasteiger partial charge in [0.05, 0.1) is 21.7 Å². The fraction of sp³-hybridized carbons (Fsp3) is 0.105. The molecule has 0 aliphatic carbocycles. The number of amides is 1. The molecule has 0 saturated heterocycles. The normalized spacial score (nSPS) is 10.5. The Morgan fingerprint density at radius 1 is 1.15 bits per heavy atom. The lowest BCUT2D eigenvalue weighted by Crippen LogP contribution is -2.14. The predicted octanol–water partition coefficient (Wildman–Crippen LogP) is 5.51. The van der Waals surface area contributed by atoms with Crippen LogP contribution in [0, 0.1) is 17.0 Å². The van der Waals surface area contributed by atoms with Gasteiger partial charge in [-0.05, 0) is 36.6 Å². The number of carbonyl (C=O) groups excluding carboxylic acids is 1. The summed E-state index contributed by atoms with van der Waals surface area (Å²) >= 11 is 3.28. The van der Waals surface area contributed by atoms with Gasteiger partial charge in [0, 0.05) is 21.6 Å². The van der Waals surface area contributed by atoms with Crippen molar-refractivity contribution >= 4 is 40.4 Å². The van der Waals surface area contributed by atoms with Gasteiger partial charge in [0.2, 0.25) is 0 Å². The van der Waals surface area contributed by atoms with Gasteiger partial charge >= 0.3 is 0 Å². The van der Waals surface area contributed by atoms with Crippen LogP contribution in [0.5, 0.6) is 0 Å². The van der Waals surface area contributed by atoms with Gasteiger partial charge in [-0.1, -0.05) is 24.3 Å². The lowest BCUT2D eigenvalue weighted by atomic mass is 10.1. The molecule has 0 bridgehead atoms. The highest BCUT2D eigenvalue weighted by Crippen LogP contribution is 2.30. The summed E-state index contributed by atoms with van der Waals surface area (Å²) < 4.78 is 0. The van der Waals surface area contributed by atoms with Gasteiger partial charge in [-0.15, -0.1) is 23.1 Å². The van der Waals surface area contributed by atoms with E-state index in [1.165, 1.54) is 10.9 Å². The Hall–Kier alpha value is -2.64. The second-order valence-corrected chi connectivity index (χ2v) is 7.57. The smallest absolute Gasteiger partial charge is 0.274 e. The molecule has 0 fully saturated rings. The quantitative estimate of drug-likeness (QED) is 0.345. The first kappa shape index (κ1) is 18.2. The fourth-order valence-corrected chi connectivity index (χ4v) is 4.29. The number of hydrogen-bond donors (Lipinski definition) is 1. The van der Waals surface area contributed by atoms with Crippen molar-refractivity contribution in [1.29, 1.82) is 0 Å². The first-order valence-electron chi connectivity index (χ1n) is 7.86. The van der Waals surface area contributed by atoms with Gasteiger partial charge in [0.15, 0.2) is 0 Å². The Bertz CT molecular complexity index is 940. The maximum atomic E-state index is 12.7. The Kier molecular flexibility index (Phi) is 5.70. The summed E-state index contributed by atoms with van der Waals surface area (Å²) in [6, 6.07) is 16.1. The molecule has 0 atom stereocenters. The van der Waals surface area contributed by atoms with Gasteiger partial charge in [0.25, 0.3) is 11.6 Å². The second-order valence-electron chi connectivity index (χ2n) is 5.53. The molecule has 3 rings (SSSR count). The molecule has 1 N–H and O–H groups in total. The van der Waals surface area contributed by atoms with Crippen LogP contribution in [0.4, 0.5) is 11.4 Å².